The number of halogens is 2. The molecule has 0 saturated heterocycles. The molecule has 0 unspecified atom stereocenters. The molecule has 0 spiro atoms. The number of nitrogens with two attached hydrogens (primary N) is 1. The fourth-order valence-electron chi connectivity index (χ4n) is 1.87. The van der Waals surface area contributed by atoms with E-state index in [1.54, 1.807) is 12.1 Å². The Balaban J connectivity index is 2.26. The average Bonchev–Trinajstić information content (AvgIpc) is 3.14. The Hall–Kier alpha value is -0.780. The van der Waals surface area contributed by atoms with E-state index in [2.05, 4.69) is 21.2 Å². The fraction of sp³-hybridized carbons (Fsp3) is 0.462. The van der Waals surface area contributed by atoms with Crippen molar-refractivity contribution in [2.75, 3.05) is 18.5 Å². The molecule has 0 atom stereocenters. The number of rotatable bonds is 5. The van der Waals surface area contributed by atoms with Gasteiger partial charge in [0.15, 0.2) is 5.75 Å². The van der Waals surface area contributed by atoms with Gasteiger partial charge in [-0.2, -0.15) is 0 Å². The lowest BCUT2D eigenvalue weighted by atomic mass is 10.1. The Morgan fingerprint density at radius 2 is 2.26 bits per heavy atom. The molecule has 1 aromatic carbocycles. The van der Waals surface area contributed by atoms with Crippen LogP contribution in [0.5, 0.6) is 5.75 Å². The van der Waals surface area contributed by atoms with Crippen LogP contribution in [-0.2, 0) is 4.79 Å². The zero-order valence-electron chi connectivity index (χ0n) is 10.6. The molecule has 0 bridgehead atoms. The summed E-state index contributed by atoms with van der Waals surface area (Å²) in [7, 11) is 0. The van der Waals surface area contributed by atoms with Gasteiger partial charge in [0.2, 0.25) is 5.91 Å². The largest absolute Gasteiger partial charge is 0.491 e. The molecule has 1 amide bonds. The first-order valence-electron chi connectivity index (χ1n) is 6.16. The summed E-state index contributed by atoms with van der Waals surface area (Å²) in [5, 5.41) is 3.40. The number of benzene rings is 1. The van der Waals surface area contributed by atoms with Gasteiger partial charge in [-0.05, 0) is 47.8 Å². The maximum Gasteiger partial charge on any atom is 0.231 e. The summed E-state index contributed by atoms with van der Waals surface area (Å²) in [5.41, 5.74) is 5.82. The number of carbonyl (C=O) groups is 1. The van der Waals surface area contributed by atoms with Crippen LogP contribution in [0.25, 0.3) is 0 Å². The van der Waals surface area contributed by atoms with Gasteiger partial charge in [0.05, 0.1) is 22.2 Å². The molecular formula is C13H16BrClN2O2. The highest BCUT2D eigenvalue weighted by Gasteiger charge is 2.48. The van der Waals surface area contributed by atoms with Gasteiger partial charge in [0.1, 0.15) is 0 Å². The van der Waals surface area contributed by atoms with Crippen molar-refractivity contribution in [3.05, 3.63) is 21.6 Å². The SMILES string of the molecule is CCOc1c(Br)cc(Cl)cc1NC(=O)C1(CN)CC1. The Morgan fingerprint density at radius 1 is 1.58 bits per heavy atom. The Kier molecular flexibility index (Phi) is 4.38. The van der Waals surface area contributed by atoms with Crippen LogP contribution in [0, 0.1) is 5.41 Å². The monoisotopic (exact) mass is 346 g/mol. The van der Waals surface area contributed by atoms with Crippen molar-refractivity contribution < 1.29 is 9.53 Å². The summed E-state index contributed by atoms with van der Waals surface area (Å²) in [6.45, 7) is 2.75. The number of hydrogen-bond acceptors (Lipinski definition) is 3. The van der Waals surface area contributed by atoms with Crippen LogP contribution >= 0.6 is 27.5 Å². The van der Waals surface area contributed by atoms with Crippen LogP contribution in [0.4, 0.5) is 5.69 Å². The van der Waals surface area contributed by atoms with Crippen molar-refractivity contribution in [3.8, 4) is 5.75 Å². The number of carbonyl (C=O) groups excluding carboxylic acids is 1. The van der Waals surface area contributed by atoms with Crippen molar-refractivity contribution in [1.82, 2.24) is 0 Å². The minimum atomic E-state index is -0.404. The van der Waals surface area contributed by atoms with Crippen molar-refractivity contribution >= 4 is 39.1 Å². The molecule has 1 aliphatic rings. The predicted molar refractivity (Wildman–Crippen MR) is 79.7 cm³/mol. The summed E-state index contributed by atoms with van der Waals surface area (Å²) >= 11 is 9.39. The minimum absolute atomic E-state index is 0.0647. The summed E-state index contributed by atoms with van der Waals surface area (Å²) in [6.07, 6.45) is 1.67. The van der Waals surface area contributed by atoms with Gasteiger partial charge in [-0.1, -0.05) is 11.6 Å². The third kappa shape index (κ3) is 3.04. The van der Waals surface area contributed by atoms with E-state index in [0.717, 1.165) is 17.3 Å². The fourth-order valence-corrected chi connectivity index (χ4v) is 2.80. The van der Waals surface area contributed by atoms with Crippen LogP contribution in [0.2, 0.25) is 5.02 Å². The molecule has 1 fully saturated rings. The molecule has 1 aliphatic carbocycles. The summed E-state index contributed by atoms with van der Waals surface area (Å²) in [6, 6.07) is 3.42. The number of amides is 1. The quantitative estimate of drug-likeness (QED) is 0.860. The smallest absolute Gasteiger partial charge is 0.231 e. The average molecular weight is 348 g/mol. The van der Waals surface area contributed by atoms with Gasteiger partial charge >= 0.3 is 0 Å². The molecule has 0 aromatic heterocycles. The first-order chi connectivity index (χ1) is 9.02. The number of ether oxygens (including phenoxy) is 1. The molecule has 0 radical (unpaired) electrons. The Bertz CT molecular complexity index is 504. The van der Waals surface area contributed by atoms with E-state index < -0.39 is 5.41 Å². The predicted octanol–water partition coefficient (Wildman–Crippen LogP) is 3.18. The second-order valence-corrected chi connectivity index (χ2v) is 5.93. The van der Waals surface area contributed by atoms with Crippen LogP contribution in [0.1, 0.15) is 19.8 Å². The molecule has 6 heteroatoms. The van der Waals surface area contributed by atoms with Crippen LogP contribution in [-0.4, -0.2) is 19.1 Å². The lowest BCUT2D eigenvalue weighted by molar-refractivity contribution is -0.120. The maximum atomic E-state index is 12.2. The normalized spacial score (nSPS) is 16.0. The molecule has 1 saturated carbocycles. The summed E-state index contributed by atoms with van der Waals surface area (Å²) in [4.78, 5) is 12.2. The molecule has 3 N–H and O–H groups in total. The number of hydrogen-bond donors (Lipinski definition) is 2. The Morgan fingerprint density at radius 3 is 2.79 bits per heavy atom. The topological polar surface area (TPSA) is 64.3 Å². The number of nitrogens with one attached hydrogen (secondary N) is 1. The molecule has 0 heterocycles. The molecule has 1 aromatic rings. The third-order valence-corrected chi connectivity index (χ3v) is 4.08. The Labute approximate surface area is 125 Å². The van der Waals surface area contributed by atoms with E-state index in [-0.39, 0.29) is 5.91 Å². The molecule has 2 rings (SSSR count). The van der Waals surface area contributed by atoms with E-state index in [4.69, 9.17) is 22.1 Å². The van der Waals surface area contributed by atoms with Gasteiger partial charge in [-0.25, -0.2) is 0 Å². The first kappa shape index (κ1) is 14.6. The lowest BCUT2D eigenvalue weighted by Crippen LogP contribution is -2.31. The number of anilines is 1. The third-order valence-electron chi connectivity index (χ3n) is 3.27. The van der Waals surface area contributed by atoms with E-state index in [1.807, 2.05) is 6.92 Å². The molecule has 0 aliphatic heterocycles. The highest BCUT2D eigenvalue weighted by Crippen LogP contribution is 2.46. The van der Waals surface area contributed by atoms with E-state index in [9.17, 15) is 4.79 Å². The van der Waals surface area contributed by atoms with Gasteiger partial charge < -0.3 is 15.8 Å². The molecule has 4 nitrogen and oxygen atoms in total. The zero-order chi connectivity index (χ0) is 14.0. The molecule has 19 heavy (non-hydrogen) atoms. The standard InChI is InChI=1S/C13H16BrClN2O2/c1-2-19-11-9(14)5-8(15)6-10(11)17-12(18)13(7-16)3-4-13/h5-6H,2-4,7,16H2,1H3,(H,17,18). The minimum Gasteiger partial charge on any atom is -0.491 e. The lowest BCUT2D eigenvalue weighted by Gasteiger charge is -2.17. The van der Waals surface area contributed by atoms with Gasteiger partial charge in [0, 0.05) is 11.6 Å². The van der Waals surface area contributed by atoms with Crippen molar-refractivity contribution in [1.29, 1.82) is 0 Å². The first-order valence-corrected chi connectivity index (χ1v) is 7.33. The van der Waals surface area contributed by atoms with Crippen molar-refractivity contribution in [2.24, 2.45) is 11.1 Å². The molecular weight excluding hydrogens is 332 g/mol. The van der Waals surface area contributed by atoms with Crippen molar-refractivity contribution in [2.45, 2.75) is 19.8 Å². The van der Waals surface area contributed by atoms with Crippen molar-refractivity contribution in [3.63, 3.8) is 0 Å². The van der Waals surface area contributed by atoms with E-state index in [0.29, 0.717) is 29.6 Å². The second kappa shape index (κ2) is 5.69. The second-order valence-electron chi connectivity index (χ2n) is 4.64. The van der Waals surface area contributed by atoms with E-state index >= 15 is 0 Å². The van der Waals surface area contributed by atoms with E-state index in [1.165, 1.54) is 0 Å². The highest BCUT2D eigenvalue weighted by molar-refractivity contribution is 9.10. The van der Waals surface area contributed by atoms with Crippen LogP contribution in [0.3, 0.4) is 0 Å². The van der Waals surface area contributed by atoms with Crippen LogP contribution < -0.4 is 15.8 Å². The van der Waals surface area contributed by atoms with Crippen LogP contribution in [0.15, 0.2) is 16.6 Å². The van der Waals surface area contributed by atoms with Gasteiger partial charge in [-0.15, -0.1) is 0 Å². The summed E-state index contributed by atoms with van der Waals surface area (Å²) < 4.78 is 6.26. The zero-order valence-corrected chi connectivity index (χ0v) is 13.0. The van der Waals surface area contributed by atoms with Gasteiger partial charge in [0.25, 0.3) is 0 Å². The molecule has 104 valence electrons. The maximum absolute atomic E-state index is 12.2. The highest BCUT2D eigenvalue weighted by atomic mass is 79.9. The van der Waals surface area contributed by atoms with Gasteiger partial charge in [-0.3, -0.25) is 4.79 Å². The summed E-state index contributed by atoms with van der Waals surface area (Å²) in [5.74, 6) is 0.526.